The maximum atomic E-state index is 4.34. The quantitative estimate of drug-likeness (QED) is 0.855. The minimum atomic E-state index is 1.08. The van der Waals surface area contributed by atoms with Crippen LogP contribution in [0.2, 0.25) is 0 Å². The van der Waals surface area contributed by atoms with Crippen LogP contribution in [0.4, 0.5) is 0 Å². The lowest BCUT2D eigenvalue weighted by Gasteiger charge is -2.26. The van der Waals surface area contributed by atoms with Gasteiger partial charge in [-0.05, 0) is 5.56 Å². The van der Waals surface area contributed by atoms with Crippen LogP contribution >= 0.6 is 23.1 Å². The van der Waals surface area contributed by atoms with Crippen molar-refractivity contribution < 1.29 is 0 Å². The summed E-state index contributed by atoms with van der Waals surface area (Å²) >= 11 is 3.75. The molecule has 0 saturated carbocycles. The fraction of sp³-hybridized carbons (Fsp3) is 0.357. The van der Waals surface area contributed by atoms with Gasteiger partial charge in [-0.25, -0.2) is 4.98 Å². The smallest absolute Gasteiger partial charge is 0.123 e. The Morgan fingerprint density at radius 1 is 1.11 bits per heavy atom. The molecule has 0 aliphatic carbocycles. The second-order valence-electron chi connectivity index (χ2n) is 4.42. The zero-order valence-electron chi connectivity index (χ0n) is 10.2. The summed E-state index contributed by atoms with van der Waals surface area (Å²) in [5.74, 6) is 2.55. The van der Waals surface area contributed by atoms with Crippen molar-refractivity contribution in [3.05, 3.63) is 41.4 Å². The van der Waals surface area contributed by atoms with Crippen molar-refractivity contribution in [1.29, 1.82) is 0 Å². The normalized spacial score (nSPS) is 16.9. The van der Waals surface area contributed by atoms with Crippen LogP contribution in [0.1, 0.15) is 5.56 Å². The molecule has 1 aliphatic heterocycles. The van der Waals surface area contributed by atoms with Crippen LogP contribution in [0.3, 0.4) is 0 Å². The molecular formula is C14H16N2S2. The Labute approximate surface area is 116 Å². The summed E-state index contributed by atoms with van der Waals surface area (Å²) in [7, 11) is 0. The largest absolute Gasteiger partial charge is 0.297 e. The molecule has 1 aliphatic rings. The van der Waals surface area contributed by atoms with Crippen molar-refractivity contribution in [1.82, 2.24) is 9.88 Å². The van der Waals surface area contributed by atoms with Gasteiger partial charge in [0.1, 0.15) is 5.01 Å². The molecule has 1 aromatic carbocycles. The molecule has 0 bridgehead atoms. The molecule has 0 radical (unpaired) electrons. The molecule has 2 nitrogen and oxygen atoms in total. The van der Waals surface area contributed by atoms with E-state index in [1.54, 1.807) is 11.3 Å². The first kappa shape index (κ1) is 12.2. The highest BCUT2D eigenvalue weighted by atomic mass is 32.2. The van der Waals surface area contributed by atoms with E-state index in [2.05, 4.69) is 45.9 Å². The lowest BCUT2D eigenvalue weighted by atomic mass is 10.1. The van der Waals surface area contributed by atoms with E-state index in [0.29, 0.717) is 0 Å². The Hall–Kier alpha value is -0.840. The third kappa shape index (κ3) is 2.94. The number of nitrogens with zero attached hydrogens (tertiary/aromatic N) is 2. The van der Waals surface area contributed by atoms with E-state index in [0.717, 1.165) is 11.6 Å². The Morgan fingerprint density at radius 2 is 1.89 bits per heavy atom. The second kappa shape index (κ2) is 5.87. The lowest BCUT2D eigenvalue weighted by molar-refractivity contribution is 0.294. The van der Waals surface area contributed by atoms with Crippen molar-refractivity contribution >= 4 is 23.1 Å². The third-order valence-corrected chi connectivity index (χ3v) is 4.91. The predicted octanol–water partition coefficient (Wildman–Crippen LogP) is 3.36. The maximum Gasteiger partial charge on any atom is 0.123 e. The molecule has 0 amide bonds. The van der Waals surface area contributed by atoms with E-state index >= 15 is 0 Å². The number of hydrogen-bond donors (Lipinski definition) is 0. The van der Waals surface area contributed by atoms with E-state index in [1.165, 1.54) is 35.7 Å². The number of benzene rings is 1. The summed E-state index contributed by atoms with van der Waals surface area (Å²) < 4.78 is 0. The SMILES string of the molecule is c1csc(-c2ccc(CN3CCSCC3)cc2)n1. The topological polar surface area (TPSA) is 16.1 Å². The Kier molecular flexibility index (Phi) is 3.98. The molecule has 0 atom stereocenters. The van der Waals surface area contributed by atoms with Gasteiger partial charge < -0.3 is 0 Å². The van der Waals surface area contributed by atoms with E-state index in [9.17, 15) is 0 Å². The van der Waals surface area contributed by atoms with E-state index in [1.807, 2.05) is 11.6 Å². The van der Waals surface area contributed by atoms with Gasteiger partial charge in [-0.15, -0.1) is 11.3 Å². The van der Waals surface area contributed by atoms with Crippen LogP contribution < -0.4 is 0 Å². The van der Waals surface area contributed by atoms with E-state index in [4.69, 9.17) is 0 Å². The van der Waals surface area contributed by atoms with Crippen LogP contribution in [0, 0.1) is 0 Å². The molecule has 94 valence electrons. The fourth-order valence-corrected chi connectivity index (χ4v) is 3.76. The molecule has 18 heavy (non-hydrogen) atoms. The van der Waals surface area contributed by atoms with Crippen LogP contribution in [0.25, 0.3) is 10.6 Å². The summed E-state index contributed by atoms with van der Waals surface area (Å²) in [6, 6.07) is 8.84. The van der Waals surface area contributed by atoms with Crippen LogP contribution in [0.15, 0.2) is 35.8 Å². The average Bonchev–Trinajstić information content (AvgIpc) is 2.95. The number of aromatic nitrogens is 1. The second-order valence-corrected chi connectivity index (χ2v) is 6.54. The monoisotopic (exact) mass is 276 g/mol. The summed E-state index contributed by atoms with van der Waals surface area (Å²) in [5.41, 5.74) is 2.63. The molecule has 0 N–H and O–H groups in total. The number of thiazole rings is 1. The average molecular weight is 276 g/mol. The van der Waals surface area contributed by atoms with Crippen LogP contribution in [0.5, 0.6) is 0 Å². The summed E-state index contributed by atoms with van der Waals surface area (Å²) in [5, 5.41) is 3.13. The van der Waals surface area contributed by atoms with Gasteiger partial charge in [-0.1, -0.05) is 24.3 Å². The van der Waals surface area contributed by atoms with Crippen LogP contribution in [-0.4, -0.2) is 34.5 Å². The molecule has 1 fully saturated rings. The van der Waals surface area contributed by atoms with Crippen molar-refractivity contribution in [3.63, 3.8) is 0 Å². The lowest BCUT2D eigenvalue weighted by Crippen LogP contribution is -2.31. The van der Waals surface area contributed by atoms with Gasteiger partial charge in [0, 0.05) is 48.3 Å². The van der Waals surface area contributed by atoms with Crippen LogP contribution in [-0.2, 0) is 6.54 Å². The number of thioether (sulfide) groups is 1. The van der Waals surface area contributed by atoms with Crippen molar-refractivity contribution in [2.75, 3.05) is 24.6 Å². The summed E-state index contributed by atoms with van der Waals surface area (Å²) in [6.45, 7) is 3.52. The van der Waals surface area contributed by atoms with Gasteiger partial charge in [0.15, 0.2) is 0 Å². The highest BCUT2D eigenvalue weighted by Gasteiger charge is 2.10. The first-order valence-electron chi connectivity index (χ1n) is 6.21. The van der Waals surface area contributed by atoms with Gasteiger partial charge >= 0.3 is 0 Å². The number of hydrogen-bond acceptors (Lipinski definition) is 4. The first-order valence-corrected chi connectivity index (χ1v) is 8.24. The minimum Gasteiger partial charge on any atom is -0.297 e. The first-order chi connectivity index (χ1) is 8.92. The van der Waals surface area contributed by atoms with Gasteiger partial charge in [0.2, 0.25) is 0 Å². The Balaban J connectivity index is 1.67. The molecule has 1 aromatic heterocycles. The standard InChI is InChI=1S/C14H16N2S2/c1-3-13(14-15-5-8-18-14)4-2-12(1)11-16-6-9-17-10-7-16/h1-5,8H,6-7,9-11H2. The third-order valence-electron chi connectivity index (χ3n) is 3.14. The molecular weight excluding hydrogens is 260 g/mol. The predicted molar refractivity (Wildman–Crippen MR) is 80.2 cm³/mol. The molecule has 1 saturated heterocycles. The number of rotatable bonds is 3. The van der Waals surface area contributed by atoms with Crippen molar-refractivity contribution in [2.45, 2.75) is 6.54 Å². The highest BCUT2D eigenvalue weighted by molar-refractivity contribution is 7.99. The van der Waals surface area contributed by atoms with Crippen molar-refractivity contribution in [3.8, 4) is 10.6 Å². The van der Waals surface area contributed by atoms with Gasteiger partial charge in [0.05, 0.1) is 0 Å². The molecule has 2 heterocycles. The maximum absolute atomic E-state index is 4.34. The molecule has 0 unspecified atom stereocenters. The Bertz CT molecular complexity index is 473. The summed E-state index contributed by atoms with van der Waals surface area (Å²) in [6.07, 6.45) is 1.86. The fourth-order valence-electron chi connectivity index (χ4n) is 2.14. The van der Waals surface area contributed by atoms with Gasteiger partial charge in [-0.2, -0.15) is 11.8 Å². The highest BCUT2D eigenvalue weighted by Crippen LogP contribution is 2.22. The summed E-state index contributed by atoms with van der Waals surface area (Å²) in [4.78, 5) is 6.87. The molecule has 0 spiro atoms. The van der Waals surface area contributed by atoms with Crippen molar-refractivity contribution in [2.24, 2.45) is 0 Å². The Morgan fingerprint density at radius 3 is 2.56 bits per heavy atom. The van der Waals surface area contributed by atoms with Gasteiger partial charge in [-0.3, -0.25) is 4.90 Å². The zero-order valence-corrected chi connectivity index (χ0v) is 11.8. The molecule has 3 rings (SSSR count). The molecule has 2 aromatic rings. The zero-order chi connectivity index (χ0) is 12.2. The molecule has 4 heteroatoms. The van der Waals surface area contributed by atoms with E-state index in [-0.39, 0.29) is 0 Å². The van der Waals surface area contributed by atoms with E-state index < -0.39 is 0 Å². The van der Waals surface area contributed by atoms with Gasteiger partial charge in [0.25, 0.3) is 0 Å². The minimum absolute atomic E-state index is 1.08.